The molecule has 0 aromatic heterocycles. The maximum Gasteiger partial charge on any atom is 0.316 e. The molecule has 0 aliphatic carbocycles. The lowest BCUT2D eigenvalue weighted by Gasteiger charge is -2.19. The topological polar surface area (TPSA) is 50.4 Å². The number of carbonyl (C=O) groups is 1. The van der Waals surface area contributed by atoms with Crippen molar-refractivity contribution in [1.29, 1.82) is 0 Å². The lowest BCUT2D eigenvalue weighted by Crippen LogP contribution is -2.38. The summed E-state index contributed by atoms with van der Waals surface area (Å²) in [6.07, 6.45) is 0. The van der Waals surface area contributed by atoms with Crippen LogP contribution in [0.15, 0.2) is 89.4 Å². The van der Waals surface area contributed by atoms with Gasteiger partial charge in [-0.15, -0.1) is 0 Å². The summed E-state index contributed by atoms with van der Waals surface area (Å²) in [7, 11) is 0. The number of nitrogens with one attached hydrogen (secondary N) is 2. The number of rotatable bonds is 6. The predicted molar refractivity (Wildman–Crippen MR) is 119 cm³/mol. The molecule has 5 heteroatoms. The minimum absolute atomic E-state index is 0.231. The van der Waals surface area contributed by atoms with Crippen LogP contribution in [0.25, 0.3) is 0 Å². The highest BCUT2D eigenvalue weighted by Gasteiger charge is 2.15. The highest BCUT2D eigenvalue weighted by molar-refractivity contribution is 9.10. The summed E-state index contributed by atoms with van der Waals surface area (Å²) in [6.45, 7) is 0.500. The zero-order chi connectivity index (χ0) is 20.3. The van der Waals surface area contributed by atoms with Crippen molar-refractivity contribution in [3.63, 3.8) is 0 Å². The van der Waals surface area contributed by atoms with Gasteiger partial charge in [0.2, 0.25) is 0 Å². The Morgan fingerprint density at radius 3 is 2.17 bits per heavy atom. The Hall–Kier alpha value is -3.23. The van der Waals surface area contributed by atoms with Crippen LogP contribution in [0.4, 0.5) is 4.79 Å². The van der Waals surface area contributed by atoms with E-state index in [9.17, 15) is 4.79 Å². The van der Waals surface area contributed by atoms with Crippen LogP contribution in [-0.4, -0.2) is 19.2 Å². The molecule has 0 saturated carbocycles. The van der Waals surface area contributed by atoms with Crippen molar-refractivity contribution >= 4 is 22.0 Å². The van der Waals surface area contributed by atoms with Crippen LogP contribution in [0.5, 0.6) is 5.75 Å². The molecule has 0 bridgehead atoms. The second-order valence-electron chi connectivity index (χ2n) is 6.18. The van der Waals surface area contributed by atoms with Crippen molar-refractivity contribution in [3.8, 4) is 17.6 Å². The minimum atomic E-state index is -0.273. The third kappa shape index (κ3) is 6.70. The van der Waals surface area contributed by atoms with Crippen LogP contribution in [0.3, 0.4) is 0 Å². The summed E-state index contributed by atoms with van der Waals surface area (Å²) in [4.78, 5) is 12.4. The van der Waals surface area contributed by atoms with E-state index < -0.39 is 0 Å². The first-order valence-electron chi connectivity index (χ1n) is 9.21. The molecule has 0 radical (unpaired) electrons. The fourth-order valence-corrected chi connectivity index (χ4v) is 3.12. The van der Waals surface area contributed by atoms with Crippen molar-refractivity contribution in [3.05, 3.63) is 101 Å². The van der Waals surface area contributed by atoms with Crippen LogP contribution >= 0.6 is 15.9 Å². The largest absolute Gasteiger partial charge is 0.481 e. The van der Waals surface area contributed by atoms with Crippen LogP contribution in [-0.2, 0) is 0 Å². The predicted octanol–water partition coefficient (Wildman–Crippen LogP) is 4.92. The molecule has 0 heterocycles. The Balaban J connectivity index is 1.51. The van der Waals surface area contributed by atoms with Gasteiger partial charge in [0.05, 0.1) is 12.6 Å². The maximum atomic E-state index is 12.4. The Bertz CT molecular complexity index is 942. The van der Waals surface area contributed by atoms with Gasteiger partial charge < -0.3 is 15.4 Å². The van der Waals surface area contributed by atoms with E-state index in [2.05, 4.69) is 38.4 Å². The molecule has 0 unspecified atom stereocenters. The zero-order valence-corrected chi connectivity index (χ0v) is 17.4. The number of ether oxygens (including phenoxy) is 1. The zero-order valence-electron chi connectivity index (χ0n) is 15.8. The standard InChI is InChI=1S/C24H21BrN2O2/c25-21-14-9-15-22(18-21)29-17-8-7-16-26-24(28)27-23(19-10-3-1-4-11-19)20-12-5-2-6-13-20/h1-6,9-15,18,23H,16-17H2,(H2,26,27,28). The first kappa shape index (κ1) is 20.5. The molecule has 3 aromatic carbocycles. The summed E-state index contributed by atoms with van der Waals surface area (Å²) in [5.74, 6) is 6.53. The lowest BCUT2D eigenvalue weighted by atomic mass is 9.99. The Morgan fingerprint density at radius 2 is 1.55 bits per heavy atom. The highest BCUT2D eigenvalue weighted by Crippen LogP contribution is 2.21. The van der Waals surface area contributed by atoms with E-state index in [1.54, 1.807) is 0 Å². The van der Waals surface area contributed by atoms with Crippen LogP contribution < -0.4 is 15.4 Å². The lowest BCUT2D eigenvalue weighted by molar-refractivity contribution is 0.240. The first-order chi connectivity index (χ1) is 14.2. The highest BCUT2D eigenvalue weighted by atomic mass is 79.9. The van der Waals surface area contributed by atoms with Crippen LogP contribution in [0.2, 0.25) is 0 Å². The smallest absolute Gasteiger partial charge is 0.316 e. The molecular weight excluding hydrogens is 428 g/mol. The van der Waals surface area contributed by atoms with Gasteiger partial charge >= 0.3 is 6.03 Å². The number of benzene rings is 3. The quantitative estimate of drug-likeness (QED) is 0.525. The van der Waals surface area contributed by atoms with E-state index >= 15 is 0 Å². The first-order valence-corrected chi connectivity index (χ1v) is 10.00. The minimum Gasteiger partial charge on any atom is -0.481 e. The second-order valence-corrected chi connectivity index (χ2v) is 7.10. The SMILES string of the molecule is O=C(NCC#CCOc1cccc(Br)c1)NC(c1ccccc1)c1ccccc1. The molecule has 2 amide bonds. The molecule has 2 N–H and O–H groups in total. The average Bonchev–Trinajstić information content (AvgIpc) is 2.76. The number of urea groups is 1. The van der Waals surface area contributed by atoms with E-state index in [-0.39, 0.29) is 25.2 Å². The van der Waals surface area contributed by atoms with E-state index in [4.69, 9.17) is 4.74 Å². The fourth-order valence-electron chi connectivity index (χ4n) is 2.75. The molecule has 0 atom stereocenters. The Labute approximate surface area is 179 Å². The molecule has 3 rings (SSSR count). The number of amides is 2. The third-order valence-electron chi connectivity index (χ3n) is 4.11. The van der Waals surface area contributed by atoms with E-state index in [0.717, 1.165) is 21.3 Å². The molecule has 0 saturated heterocycles. The van der Waals surface area contributed by atoms with Crippen molar-refractivity contribution in [2.45, 2.75) is 6.04 Å². The van der Waals surface area contributed by atoms with E-state index in [1.807, 2.05) is 84.9 Å². The Kier molecular flexibility index (Phi) is 7.73. The van der Waals surface area contributed by atoms with Gasteiger partial charge in [0.15, 0.2) is 0 Å². The molecule has 4 nitrogen and oxygen atoms in total. The second kappa shape index (κ2) is 10.9. The monoisotopic (exact) mass is 448 g/mol. The average molecular weight is 449 g/mol. The molecule has 0 spiro atoms. The molecule has 146 valence electrons. The molecule has 0 fully saturated rings. The van der Waals surface area contributed by atoms with Crippen molar-refractivity contribution < 1.29 is 9.53 Å². The number of hydrogen-bond donors (Lipinski definition) is 2. The van der Waals surface area contributed by atoms with E-state index in [0.29, 0.717) is 0 Å². The number of halogens is 1. The van der Waals surface area contributed by atoms with Gasteiger partial charge in [0.1, 0.15) is 12.4 Å². The fraction of sp³-hybridized carbons (Fsp3) is 0.125. The molecule has 0 aliphatic heterocycles. The summed E-state index contributed by atoms with van der Waals surface area (Å²) < 4.78 is 6.49. The van der Waals surface area contributed by atoms with Crippen molar-refractivity contribution in [1.82, 2.24) is 10.6 Å². The summed E-state index contributed by atoms with van der Waals surface area (Å²) in [5.41, 5.74) is 2.03. The summed E-state index contributed by atoms with van der Waals surface area (Å²) >= 11 is 3.39. The molecule has 0 aliphatic rings. The number of hydrogen-bond acceptors (Lipinski definition) is 2. The molecular formula is C24H21BrN2O2. The summed E-state index contributed by atoms with van der Waals surface area (Å²) in [5, 5.41) is 5.79. The van der Waals surface area contributed by atoms with Gasteiger partial charge in [0.25, 0.3) is 0 Å². The third-order valence-corrected chi connectivity index (χ3v) is 4.60. The van der Waals surface area contributed by atoms with Gasteiger partial charge in [-0.25, -0.2) is 4.79 Å². The van der Waals surface area contributed by atoms with Crippen molar-refractivity contribution in [2.75, 3.05) is 13.2 Å². The van der Waals surface area contributed by atoms with Gasteiger partial charge in [-0.2, -0.15) is 0 Å². The van der Waals surface area contributed by atoms with Crippen molar-refractivity contribution in [2.24, 2.45) is 0 Å². The normalized spacial score (nSPS) is 10.0. The van der Waals surface area contributed by atoms with E-state index in [1.165, 1.54) is 0 Å². The van der Waals surface area contributed by atoms with Crippen LogP contribution in [0, 0.1) is 11.8 Å². The maximum absolute atomic E-state index is 12.4. The van der Waals surface area contributed by atoms with Gasteiger partial charge in [-0.1, -0.05) is 94.5 Å². The van der Waals surface area contributed by atoms with Crippen LogP contribution in [0.1, 0.15) is 17.2 Å². The van der Waals surface area contributed by atoms with Gasteiger partial charge in [0, 0.05) is 4.47 Å². The van der Waals surface area contributed by atoms with Gasteiger partial charge in [-0.3, -0.25) is 0 Å². The Morgan fingerprint density at radius 1 is 0.897 bits per heavy atom. The molecule has 3 aromatic rings. The van der Waals surface area contributed by atoms with Gasteiger partial charge in [-0.05, 0) is 29.3 Å². The summed E-state index contributed by atoms with van der Waals surface area (Å²) in [6, 6.07) is 26.8. The molecule has 29 heavy (non-hydrogen) atoms. The number of carbonyl (C=O) groups excluding carboxylic acids is 1.